The smallest absolute Gasteiger partial charge is 0.270 e. The first kappa shape index (κ1) is 18.7. The van der Waals surface area contributed by atoms with Crippen LogP contribution in [0.1, 0.15) is 21.6 Å². The molecule has 1 amide bonds. The van der Waals surface area contributed by atoms with Crippen LogP contribution in [0.3, 0.4) is 0 Å². The quantitative estimate of drug-likeness (QED) is 0.556. The second-order valence-electron chi connectivity index (χ2n) is 6.98. The van der Waals surface area contributed by atoms with E-state index in [0.717, 1.165) is 22.5 Å². The number of carbonyl (C=O) groups is 1. The van der Waals surface area contributed by atoms with E-state index in [4.69, 9.17) is 5.10 Å². The van der Waals surface area contributed by atoms with Crippen LogP contribution in [0.2, 0.25) is 0 Å². The molecule has 29 heavy (non-hydrogen) atoms. The molecule has 0 saturated heterocycles. The Bertz CT molecular complexity index is 1160. The predicted octanol–water partition coefficient (Wildman–Crippen LogP) is 4.26. The molecule has 2 aromatic heterocycles. The van der Waals surface area contributed by atoms with Gasteiger partial charge in [-0.15, -0.1) is 0 Å². The molecule has 6 heteroatoms. The van der Waals surface area contributed by atoms with E-state index in [1.165, 1.54) is 12.1 Å². The Hall–Kier alpha value is -3.67. The van der Waals surface area contributed by atoms with Gasteiger partial charge in [0.1, 0.15) is 17.2 Å². The number of aryl methyl sites for hydroxylation is 2. The highest BCUT2D eigenvalue weighted by atomic mass is 19.1. The third-order valence-corrected chi connectivity index (χ3v) is 4.76. The summed E-state index contributed by atoms with van der Waals surface area (Å²) in [6.07, 6.45) is 1.94. The van der Waals surface area contributed by atoms with Gasteiger partial charge >= 0.3 is 0 Å². The first-order valence-electron chi connectivity index (χ1n) is 9.33. The SMILES string of the molecule is Cc1cccc(-n2nc(-c3cccn3C)cc2C(=O)NCc2ccc(F)cc2)c1. The van der Waals surface area contributed by atoms with E-state index in [1.807, 2.05) is 61.1 Å². The maximum atomic E-state index is 13.1. The molecule has 0 saturated carbocycles. The summed E-state index contributed by atoms with van der Waals surface area (Å²) in [6.45, 7) is 2.30. The molecule has 0 unspecified atom stereocenters. The van der Waals surface area contributed by atoms with E-state index < -0.39 is 0 Å². The zero-order valence-corrected chi connectivity index (χ0v) is 16.3. The fourth-order valence-electron chi connectivity index (χ4n) is 3.23. The van der Waals surface area contributed by atoms with Gasteiger partial charge in [-0.05, 0) is 60.5 Å². The molecule has 4 aromatic rings. The largest absolute Gasteiger partial charge is 0.349 e. The van der Waals surface area contributed by atoms with Gasteiger partial charge < -0.3 is 9.88 Å². The van der Waals surface area contributed by atoms with Crippen LogP contribution >= 0.6 is 0 Å². The highest BCUT2D eigenvalue weighted by Gasteiger charge is 2.18. The van der Waals surface area contributed by atoms with Crippen molar-refractivity contribution in [2.45, 2.75) is 13.5 Å². The number of hydrogen-bond acceptors (Lipinski definition) is 2. The first-order valence-corrected chi connectivity index (χ1v) is 9.33. The number of rotatable bonds is 5. The summed E-state index contributed by atoms with van der Waals surface area (Å²) in [5.74, 6) is -0.548. The number of carbonyl (C=O) groups excluding carboxylic acids is 1. The molecule has 4 rings (SSSR count). The average molecular weight is 388 g/mol. The van der Waals surface area contributed by atoms with E-state index in [0.29, 0.717) is 17.9 Å². The lowest BCUT2D eigenvalue weighted by molar-refractivity contribution is 0.0943. The minimum absolute atomic E-state index is 0.246. The fraction of sp³-hybridized carbons (Fsp3) is 0.130. The second-order valence-corrected chi connectivity index (χ2v) is 6.98. The molecule has 0 fully saturated rings. The lowest BCUT2D eigenvalue weighted by Gasteiger charge is -2.09. The van der Waals surface area contributed by atoms with Crippen molar-refractivity contribution in [3.05, 3.63) is 95.6 Å². The van der Waals surface area contributed by atoms with Crippen molar-refractivity contribution in [3.63, 3.8) is 0 Å². The maximum absolute atomic E-state index is 13.1. The number of nitrogens with zero attached hydrogens (tertiary/aromatic N) is 3. The molecule has 0 aliphatic rings. The van der Waals surface area contributed by atoms with Crippen molar-refractivity contribution in [3.8, 4) is 17.1 Å². The molecule has 0 bridgehead atoms. The maximum Gasteiger partial charge on any atom is 0.270 e. The van der Waals surface area contributed by atoms with E-state index in [1.54, 1.807) is 22.9 Å². The Labute approximate surface area is 168 Å². The van der Waals surface area contributed by atoms with Crippen LogP contribution in [0.4, 0.5) is 4.39 Å². The number of amides is 1. The molecule has 2 aromatic carbocycles. The van der Waals surface area contributed by atoms with Gasteiger partial charge in [0.15, 0.2) is 0 Å². The van der Waals surface area contributed by atoms with Crippen LogP contribution in [0.25, 0.3) is 17.1 Å². The lowest BCUT2D eigenvalue weighted by Crippen LogP contribution is -2.25. The van der Waals surface area contributed by atoms with Crippen molar-refractivity contribution < 1.29 is 9.18 Å². The van der Waals surface area contributed by atoms with Crippen molar-refractivity contribution in [2.24, 2.45) is 7.05 Å². The minimum atomic E-state index is -0.301. The van der Waals surface area contributed by atoms with Crippen LogP contribution < -0.4 is 5.32 Å². The minimum Gasteiger partial charge on any atom is -0.349 e. The molecule has 0 spiro atoms. The summed E-state index contributed by atoms with van der Waals surface area (Å²) in [7, 11) is 1.94. The van der Waals surface area contributed by atoms with E-state index in [-0.39, 0.29) is 11.7 Å². The summed E-state index contributed by atoms with van der Waals surface area (Å²) in [5.41, 5.74) is 4.79. The Morgan fingerprint density at radius 3 is 2.55 bits per heavy atom. The number of aromatic nitrogens is 3. The summed E-state index contributed by atoms with van der Waals surface area (Å²) < 4.78 is 16.7. The van der Waals surface area contributed by atoms with Gasteiger partial charge in [0.25, 0.3) is 5.91 Å². The third-order valence-electron chi connectivity index (χ3n) is 4.76. The Balaban J connectivity index is 1.68. The van der Waals surface area contributed by atoms with Gasteiger partial charge in [0.2, 0.25) is 0 Å². The molecule has 1 N–H and O–H groups in total. The number of nitrogens with one attached hydrogen (secondary N) is 1. The molecule has 146 valence electrons. The normalized spacial score (nSPS) is 10.9. The molecule has 0 aliphatic carbocycles. The molecule has 5 nitrogen and oxygen atoms in total. The first-order chi connectivity index (χ1) is 14.0. The molecule has 0 atom stereocenters. The number of halogens is 1. The summed E-state index contributed by atoms with van der Waals surface area (Å²) in [4.78, 5) is 13.0. The van der Waals surface area contributed by atoms with E-state index in [2.05, 4.69) is 5.32 Å². The van der Waals surface area contributed by atoms with Gasteiger partial charge in [-0.2, -0.15) is 5.10 Å². The third kappa shape index (κ3) is 3.96. The Morgan fingerprint density at radius 2 is 1.86 bits per heavy atom. The Morgan fingerprint density at radius 1 is 1.07 bits per heavy atom. The summed E-state index contributed by atoms with van der Waals surface area (Å²) in [5, 5.41) is 7.60. The molecule has 2 heterocycles. The Kier molecular flexibility index (Phi) is 4.99. The topological polar surface area (TPSA) is 51.9 Å². The summed E-state index contributed by atoms with van der Waals surface area (Å²) in [6, 6.07) is 19.6. The second kappa shape index (κ2) is 7.75. The van der Waals surface area contributed by atoms with Gasteiger partial charge in [-0.25, -0.2) is 9.07 Å². The average Bonchev–Trinajstić information content (AvgIpc) is 3.33. The zero-order valence-electron chi connectivity index (χ0n) is 16.3. The van der Waals surface area contributed by atoms with Crippen LogP contribution in [0.15, 0.2) is 72.9 Å². The van der Waals surface area contributed by atoms with Crippen LogP contribution in [-0.2, 0) is 13.6 Å². The zero-order chi connectivity index (χ0) is 20.4. The molecule has 0 radical (unpaired) electrons. The van der Waals surface area contributed by atoms with Crippen LogP contribution in [0, 0.1) is 12.7 Å². The van der Waals surface area contributed by atoms with Gasteiger partial charge in [0, 0.05) is 19.8 Å². The molecular formula is C23H21FN4O. The van der Waals surface area contributed by atoms with Crippen molar-refractivity contribution >= 4 is 5.91 Å². The monoisotopic (exact) mass is 388 g/mol. The predicted molar refractivity (Wildman–Crippen MR) is 110 cm³/mol. The van der Waals surface area contributed by atoms with E-state index >= 15 is 0 Å². The van der Waals surface area contributed by atoms with Crippen molar-refractivity contribution in [1.82, 2.24) is 19.7 Å². The van der Waals surface area contributed by atoms with E-state index in [9.17, 15) is 9.18 Å². The van der Waals surface area contributed by atoms with Crippen LogP contribution in [-0.4, -0.2) is 20.3 Å². The molecular weight excluding hydrogens is 367 g/mol. The number of hydrogen-bond donors (Lipinski definition) is 1. The molecule has 0 aliphatic heterocycles. The van der Waals surface area contributed by atoms with Crippen molar-refractivity contribution in [2.75, 3.05) is 0 Å². The van der Waals surface area contributed by atoms with Gasteiger partial charge in [0.05, 0.1) is 11.4 Å². The van der Waals surface area contributed by atoms with Gasteiger partial charge in [-0.3, -0.25) is 4.79 Å². The highest BCUT2D eigenvalue weighted by Crippen LogP contribution is 2.22. The fourth-order valence-corrected chi connectivity index (χ4v) is 3.23. The lowest BCUT2D eigenvalue weighted by atomic mass is 10.2. The highest BCUT2D eigenvalue weighted by molar-refractivity contribution is 5.94. The van der Waals surface area contributed by atoms with Crippen molar-refractivity contribution in [1.29, 1.82) is 0 Å². The number of benzene rings is 2. The summed E-state index contributed by atoms with van der Waals surface area (Å²) >= 11 is 0. The van der Waals surface area contributed by atoms with Crippen LogP contribution in [0.5, 0.6) is 0 Å². The van der Waals surface area contributed by atoms with Gasteiger partial charge in [-0.1, -0.05) is 24.3 Å². The standard InChI is InChI=1S/C23H21FN4O/c1-16-5-3-6-19(13-16)28-22(14-20(26-28)21-7-4-12-27(21)2)23(29)25-15-17-8-10-18(24)11-9-17/h3-14H,15H2,1-2H3,(H,25,29).